The van der Waals surface area contributed by atoms with Crippen molar-refractivity contribution in [2.75, 3.05) is 7.11 Å². The number of hydrogen-bond acceptors (Lipinski definition) is 3. The van der Waals surface area contributed by atoms with Crippen molar-refractivity contribution in [3.63, 3.8) is 0 Å². The lowest BCUT2D eigenvalue weighted by Crippen LogP contribution is -2.31. The Labute approximate surface area is 137 Å². The number of alkyl halides is 3. The van der Waals surface area contributed by atoms with Crippen LogP contribution in [0, 0.1) is 0 Å². The summed E-state index contributed by atoms with van der Waals surface area (Å²) in [4.78, 5) is 12.3. The fourth-order valence-electron chi connectivity index (χ4n) is 2.30. The van der Waals surface area contributed by atoms with E-state index in [9.17, 15) is 18.0 Å². The maximum Gasteiger partial charge on any atom is 0.416 e. The van der Waals surface area contributed by atoms with E-state index in [0.717, 1.165) is 6.07 Å². The first-order valence-electron chi connectivity index (χ1n) is 7.35. The number of ether oxygens (including phenoxy) is 1. The standard InChI is InChI=1S/C16H18F3N3O2/c1-3-22-9-8-11(21-22)10-20-15(23)14(24-2)12-6-4-5-7-13(12)16(17,18)19/h4-9,14H,3,10H2,1-2H3,(H,20,23). The van der Waals surface area contributed by atoms with Gasteiger partial charge in [0.2, 0.25) is 0 Å². The molecule has 0 bridgehead atoms. The van der Waals surface area contributed by atoms with Gasteiger partial charge in [-0.15, -0.1) is 0 Å². The monoisotopic (exact) mass is 341 g/mol. The average molecular weight is 341 g/mol. The zero-order valence-corrected chi connectivity index (χ0v) is 13.3. The number of methoxy groups -OCH3 is 1. The minimum atomic E-state index is -4.56. The minimum Gasteiger partial charge on any atom is -0.367 e. The summed E-state index contributed by atoms with van der Waals surface area (Å²) in [5.41, 5.74) is -0.490. The first kappa shape index (κ1) is 18.0. The number of aryl methyl sites for hydroxylation is 1. The molecule has 1 N–H and O–H groups in total. The van der Waals surface area contributed by atoms with Gasteiger partial charge in [-0.05, 0) is 19.1 Å². The Morgan fingerprint density at radius 2 is 2.04 bits per heavy atom. The third-order valence-corrected chi connectivity index (χ3v) is 3.49. The summed E-state index contributed by atoms with van der Waals surface area (Å²) in [6, 6.07) is 6.61. The molecule has 1 heterocycles. The Kier molecular flexibility index (Phi) is 5.61. The van der Waals surface area contributed by atoms with Crippen LogP contribution in [0.15, 0.2) is 36.5 Å². The van der Waals surface area contributed by atoms with Gasteiger partial charge >= 0.3 is 6.18 Å². The van der Waals surface area contributed by atoms with Gasteiger partial charge in [0.25, 0.3) is 5.91 Å². The van der Waals surface area contributed by atoms with E-state index in [1.54, 1.807) is 16.9 Å². The number of carbonyl (C=O) groups excluding carboxylic acids is 1. The van der Waals surface area contributed by atoms with Crippen LogP contribution in [0.25, 0.3) is 0 Å². The summed E-state index contributed by atoms with van der Waals surface area (Å²) >= 11 is 0. The fraction of sp³-hybridized carbons (Fsp3) is 0.375. The second-order valence-electron chi connectivity index (χ2n) is 5.08. The molecule has 0 saturated carbocycles. The Bertz CT molecular complexity index is 698. The van der Waals surface area contributed by atoms with E-state index in [4.69, 9.17) is 4.74 Å². The van der Waals surface area contributed by atoms with Gasteiger partial charge in [-0.3, -0.25) is 9.48 Å². The van der Waals surface area contributed by atoms with Gasteiger partial charge in [-0.2, -0.15) is 18.3 Å². The second kappa shape index (κ2) is 7.48. The van der Waals surface area contributed by atoms with Crippen LogP contribution >= 0.6 is 0 Å². The zero-order valence-electron chi connectivity index (χ0n) is 13.3. The van der Waals surface area contributed by atoms with Crippen molar-refractivity contribution in [2.45, 2.75) is 32.3 Å². The first-order valence-corrected chi connectivity index (χ1v) is 7.35. The molecule has 1 atom stereocenters. The van der Waals surface area contributed by atoms with E-state index in [-0.39, 0.29) is 12.1 Å². The van der Waals surface area contributed by atoms with Gasteiger partial charge in [0.15, 0.2) is 6.10 Å². The average Bonchev–Trinajstić information content (AvgIpc) is 3.01. The smallest absolute Gasteiger partial charge is 0.367 e. The lowest BCUT2D eigenvalue weighted by Gasteiger charge is -2.19. The molecule has 2 aromatic rings. The van der Waals surface area contributed by atoms with Crippen molar-refractivity contribution in [1.29, 1.82) is 0 Å². The van der Waals surface area contributed by atoms with Gasteiger partial charge in [0.05, 0.1) is 17.8 Å². The van der Waals surface area contributed by atoms with Crippen molar-refractivity contribution >= 4 is 5.91 Å². The van der Waals surface area contributed by atoms with Crippen molar-refractivity contribution in [2.24, 2.45) is 0 Å². The number of amides is 1. The molecule has 130 valence electrons. The Hall–Kier alpha value is -2.35. The van der Waals surface area contributed by atoms with E-state index < -0.39 is 23.8 Å². The normalized spacial score (nSPS) is 12.9. The van der Waals surface area contributed by atoms with Crippen molar-refractivity contribution < 1.29 is 22.7 Å². The third kappa shape index (κ3) is 4.14. The van der Waals surface area contributed by atoms with E-state index in [1.807, 2.05) is 6.92 Å². The molecule has 0 radical (unpaired) electrons. The molecule has 0 saturated heterocycles. The molecule has 1 unspecified atom stereocenters. The molecule has 1 aromatic heterocycles. The molecule has 24 heavy (non-hydrogen) atoms. The summed E-state index contributed by atoms with van der Waals surface area (Å²) < 4.78 is 46.0. The number of benzene rings is 1. The predicted molar refractivity (Wildman–Crippen MR) is 80.9 cm³/mol. The number of halogens is 3. The van der Waals surface area contributed by atoms with Crippen LogP contribution in [-0.2, 0) is 28.8 Å². The van der Waals surface area contributed by atoms with Crippen molar-refractivity contribution in [3.8, 4) is 0 Å². The van der Waals surface area contributed by atoms with E-state index in [2.05, 4.69) is 10.4 Å². The van der Waals surface area contributed by atoms with E-state index >= 15 is 0 Å². The lowest BCUT2D eigenvalue weighted by atomic mass is 10.0. The molecule has 1 amide bonds. The van der Waals surface area contributed by atoms with E-state index in [0.29, 0.717) is 12.2 Å². The number of nitrogens with zero attached hydrogens (tertiary/aromatic N) is 2. The van der Waals surface area contributed by atoms with Gasteiger partial charge < -0.3 is 10.1 Å². The molecular weight excluding hydrogens is 323 g/mol. The molecule has 0 aliphatic rings. The largest absolute Gasteiger partial charge is 0.416 e. The third-order valence-electron chi connectivity index (χ3n) is 3.49. The van der Waals surface area contributed by atoms with Crippen LogP contribution in [0.4, 0.5) is 13.2 Å². The molecule has 0 fully saturated rings. The molecule has 0 aliphatic carbocycles. The summed E-state index contributed by atoms with van der Waals surface area (Å²) in [5, 5.41) is 6.75. The Balaban J connectivity index is 2.15. The second-order valence-corrected chi connectivity index (χ2v) is 5.08. The van der Waals surface area contributed by atoms with Gasteiger partial charge in [0, 0.05) is 25.4 Å². The molecule has 0 spiro atoms. The number of carbonyl (C=O) groups is 1. The molecule has 2 rings (SSSR count). The lowest BCUT2D eigenvalue weighted by molar-refractivity contribution is -0.141. The highest BCUT2D eigenvalue weighted by atomic mass is 19.4. The highest BCUT2D eigenvalue weighted by Gasteiger charge is 2.36. The summed E-state index contributed by atoms with van der Waals surface area (Å²) in [7, 11) is 1.20. The number of nitrogens with one attached hydrogen (secondary N) is 1. The van der Waals surface area contributed by atoms with Crippen LogP contribution in [0.1, 0.15) is 29.8 Å². The zero-order chi connectivity index (χ0) is 17.7. The molecule has 8 heteroatoms. The topological polar surface area (TPSA) is 56.2 Å². The highest BCUT2D eigenvalue weighted by molar-refractivity contribution is 5.82. The van der Waals surface area contributed by atoms with Crippen LogP contribution in [0.2, 0.25) is 0 Å². The number of rotatable bonds is 6. The van der Waals surface area contributed by atoms with Crippen molar-refractivity contribution in [1.82, 2.24) is 15.1 Å². The van der Waals surface area contributed by atoms with Crippen LogP contribution < -0.4 is 5.32 Å². The molecule has 5 nitrogen and oxygen atoms in total. The van der Waals surface area contributed by atoms with Crippen molar-refractivity contribution in [3.05, 3.63) is 53.3 Å². The van der Waals surface area contributed by atoms with Crippen LogP contribution in [0.5, 0.6) is 0 Å². The van der Waals surface area contributed by atoms with E-state index in [1.165, 1.54) is 25.3 Å². The predicted octanol–water partition coefficient (Wildman–Crippen LogP) is 2.93. The summed E-state index contributed by atoms with van der Waals surface area (Å²) in [6.45, 7) is 2.72. The summed E-state index contributed by atoms with van der Waals surface area (Å²) in [5.74, 6) is -0.653. The SMILES string of the molecule is CCn1ccc(CNC(=O)C(OC)c2ccccc2C(F)(F)F)n1. The fourth-order valence-corrected chi connectivity index (χ4v) is 2.30. The number of hydrogen-bond donors (Lipinski definition) is 1. The van der Waals surface area contributed by atoms with Crippen LogP contribution in [0.3, 0.4) is 0 Å². The summed E-state index contributed by atoms with van der Waals surface area (Å²) in [6.07, 6.45) is -4.15. The molecular formula is C16H18F3N3O2. The minimum absolute atomic E-state index is 0.111. The van der Waals surface area contributed by atoms with Crippen LogP contribution in [-0.4, -0.2) is 22.8 Å². The highest BCUT2D eigenvalue weighted by Crippen LogP contribution is 2.35. The first-order chi connectivity index (χ1) is 11.4. The maximum absolute atomic E-state index is 13.1. The van der Waals surface area contributed by atoms with Gasteiger partial charge in [-0.25, -0.2) is 0 Å². The molecule has 1 aromatic carbocycles. The quantitative estimate of drug-likeness (QED) is 0.879. The molecule has 0 aliphatic heterocycles. The maximum atomic E-state index is 13.1. The van der Waals surface area contributed by atoms with Gasteiger partial charge in [0.1, 0.15) is 0 Å². The number of aromatic nitrogens is 2. The Morgan fingerprint density at radius 3 is 2.62 bits per heavy atom. The Morgan fingerprint density at radius 1 is 1.33 bits per heavy atom. The van der Waals surface area contributed by atoms with Gasteiger partial charge in [-0.1, -0.05) is 18.2 Å².